The van der Waals surface area contributed by atoms with Gasteiger partial charge >= 0.3 is 53.1 Å². The van der Waals surface area contributed by atoms with Gasteiger partial charge in [-0.2, -0.15) is 55.6 Å². The van der Waals surface area contributed by atoms with Gasteiger partial charge in [-0.3, -0.25) is 9.53 Å². The van der Waals surface area contributed by atoms with Crippen LogP contribution in [0.5, 0.6) is 0 Å². The molecule has 0 spiro atoms. The van der Waals surface area contributed by atoms with Crippen molar-refractivity contribution in [3.05, 3.63) is 11.9 Å². The van der Waals surface area contributed by atoms with Gasteiger partial charge in [0.2, 0.25) is 5.85 Å². The van der Waals surface area contributed by atoms with Crippen molar-refractivity contribution < 1.29 is 85.1 Å². The summed E-state index contributed by atoms with van der Waals surface area (Å²) >= 11 is 0. The third kappa shape index (κ3) is 18.6. The highest BCUT2D eigenvalue weighted by molar-refractivity contribution is 7.88. The van der Waals surface area contributed by atoms with E-state index in [0.29, 0.717) is 0 Å². The normalized spacial score (nSPS) is 13.6. The molecule has 0 aliphatic heterocycles. The van der Waals surface area contributed by atoms with Crippen molar-refractivity contribution in [2.45, 2.75) is 12.0 Å². The number of halogens is 10. The van der Waals surface area contributed by atoms with Gasteiger partial charge in [0.05, 0.1) is 0 Å². The molecule has 33 heavy (non-hydrogen) atoms. The topological polar surface area (TPSA) is 163 Å². The van der Waals surface area contributed by atoms with E-state index in [2.05, 4.69) is 4.74 Å². The van der Waals surface area contributed by atoms with E-state index in [1.54, 1.807) is 0 Å². The van der Waals surface area contributed by atoms with E-state index in [4.69, 9.17) is 0 Å². The van der Waals surface area contributed by atoms with Crippen LogP contribution in [-0.2, 0) is 50.4 Å². The minimum Gasteiger partial charge on any atom is -0.297 e. The number of carbonyl (C=O) groups is 1. The molecular weight excluding hydrogens is 586 g/mol. The van der Waals surface area contributed by atoms with Gasteiger partial charge in [-0.05, 0) is 0 Å². The first-order chi connectivity index (χ1) is 14.1. The first kappa shape index (κ1) is 33.6. The molecule has 0 amide bonds. The second-order valence-electron chi connectivity index (χ2n) is 5.35. The van der Waals surface area contributed by atoms with Gasteiger partial charge in [0.1, 0.15) is 23.0 Å². The Labute approximate surface area is 179 Å². The van der Waals surface area contributed by atoms with Crippen LogP contribution in [0.15, 0.2) is 11.9 Å². The minimum absolute atomic E-state index is 1.54. The molecule has 0 aliphatic rings. The number of carbonyl (C=O) groups excluding carboxylic acids is 1. The number of hydrogen-bond acceptors (Lipinski definition) is 10. The Hall–Kier alpha value is -1.53. The highest BCUT2D eigenvalue weighted by Gasteiger charge is 2.53. The minimum atomic E-state index is -6.06. The Kier molecular flexibility index (Phi) is 11.5. The standard InChI is InChI=1S/C6H4F8O5S2.C3H4F2O5S2/c7-3(4(8)9)6(11,12)19-5(10,1-20(13,15)16)2-21(14,17)18;4-11(7,8)1-3(6)2-12(5,9)10/h1-2H2;1-2H2. The molecule has 198 valence electrons. The Balaban J connectivity index is 0. The van der Waals surface area contributed by atoms with Crippen LogP contribution in [0, 0.1) is 0 Å². The lowest BCUT2D eigenvalue weighted by Crippen LogP contribution is -2.46. The smallest absolute Gasteiger partial charge is 0.297 e. The van der Waals surface area contributed by atoms with E-state index in [0.717, 1.165) is 0 Å². The molecule has 0 unspecified atom stereocenters. The summed E-state index contributed by atoms with van der Waals surface area (Å²) in [5, 5.41) is 0. The van der Waals surface area contributed by atoms with Crippen LogP contribution in [0.1, 0.15) is 0 Å². The number of ketones is 1. The maximum absolute atomic E-state index is 13.5. The van der Waals surface area contributed by atoms with Crippen LogP contribution >= 0.6 is 0 Å². The Morgan fingerprint density at radius 3 is 1.15 bits per heavy atom. The van der Waals surface area contributed by atoms with E-state index in [-0.39, 0.29) is 0 Å². The molecular formula is C9H8F10O10S4. The zero-order chi connectivity index (χ0) is 27.3. The average molecular weight is 594 g/mol. The lowest BCUT2D eigenvalue weighted by Gasteiger charge is -2.26. The number of alkyl halides is 3. The summed E-state index contributed by atoms with van der Waals surface area (Å²) in [4.78, 5) is 10.2. The molecule has 0 heterocycles. The summed E-state index contributed by atoms with van der Waals surface area (Å²) in [5.41, 5.74) is 0. The Morgan fingerprint density at radius 1 is 0.636 bits per heavy atom. The van der Waals surface area contributed by atoms with Crippen LogP contribution in [0.2, 0.25) is 0 Å². The molecule has 0 aromatic carbocycles. The number of Topliss-reactive ketones (excluding diaryl/α,β-unsaturated/α-hetero) is 1. The Bertz CT molecular complexity index is 1100. The van der Waals surface area contributed by atoms with Gasteiger partial charge < -0.3 is 0 Å². The molecule has 0 saturated heterocycles. The zero-order valence-electron chi connectivity index (χ0n) is 14.8. The summed E-state index contributed by atoms with van der Waals surface area (Å²) in [5.74, 6) is -18.9. The van der Waals surface area contributed by atoms with E-state index >= 15 is 0 Å². The molecule has 0 radical (unpaired) electrons. The average Bonchev–Trinajstić information content (AvgIpc) is 2.36. The fourth-order valence-electron chi connectivity index (χ4n) is 1.43. The number of hydrogen-bond donors (Lipinski definition) is 0. The summed E-state index contributed by atoms with van der Waals surface area (Å²) in [6.07, 6.45) is -9.59. The zero-order valence-corrected chi connectivity index (χ0v) is 18.1. The number of ether oxygens (including phenoxy) is 1. The van der Waals surface area contributed by atoms with Gasteiger partial charge in [-0.25, -0.2) is 4.39 Å². The predicted octanol–water partition coefficient (Wildman–Crippen LogP) is 1.09. The SMILES string of the molecule is O=C(CS(=O)(=O)F)CS(=O)(=O)F.O=S(=O)(F)CC(F)(CS(=O)(=O)F)OC(F)(F)C(F)=C(F)F. The molecule has 0 aliphatic carbocycles. The first-order valence-corrected chi connectivity index (χ1v) is 13.0. The van der Waals surface area contributed by atoms with Crippen molar-refractivity contribution >= 4 is 46.7 Å². The second kappa shape index (κ2) is 11.3. The molecule has 0 bridgehead atoms. The van der Waals surface area contributed by atoms with Crippen LogP contribution in [0.4, 0.5) is 41.9 Å². The molecule has 0 saturated carbocycles. The predicted molar refractivity (Wildman–Crippen MR) is 84.8 cm³/mol. The van der Waals surface area contributed by atoms with E-state index in [1.165, 1.54) is 0 Å². The van der Waals surface area contributed by atoms with Crippen molar-refractivity contribution in [3.63, 3.8) is 0 Å². The lowest BCUT2D eigenvalue weighted by molar-refractivity contribution is -0.304. The lowest BCUT2D eigenvalue weighted by atomic mass is 10.4. The van der Waals surface area contributed by atoms with Crippen LogP contribution in [0.25, 0.3) is 0 Å². The van der Waals surface area contributed by atoms with Gasteiger partial charge in [0.25, 0.3) is 5.83 Å². The van der Waals surface area contributed by atoms with Crippen LogP contribution < -0.4 is 0 Å². The summed E-state index contributed by atoms with van der Waals surface area (Å²) in [7, 11) is -22.3. The Morgan fingerprint density at radius 2 is 0.939 bits per heavy atom. The maximum Gasteiger partial charge on any atom is 0.417 e. The second-order valence-corrected chi connectivity index (χ2v) is 10.8. The van der Waals surface area contributed by atoms with E-state index < -0.39 is 93.6 Å². The van der Waals surface area contributed by atoms with Crippen molar-refractivity contribution in [1.82, 2.24) is 0 Å². The third-order valence-electron chi connectivity index (χ3n) is 2.18. The van der Waals surface area contributed by atoms with Crippen molar-refractivity contribution in [2.24, 2.45) is 0 Å². The molecule has 0 aromatic rings. The molecule has 0 rings (SSSR count). The summed E-state index contributed by atoms with van der Waals surface area (Å²) in [6.45, 7) is 0. The molecule has 0 aromatic heterocycles. The van der Waals surface area contributed by atoms with Crippen LogP contribution in [-0.4, -0.2) is 74.4 Å². The van der Waals surface area contributed by atoms with Crippen molar-refractivity contribution in [3.8, 4) is 0 Å². The number of rotatable bonds is 11. The van der Waals surface area contributed by atoms with Crippen molar-refractivity contribution in [1.29, 1.82) is 0 Å². The largest absolute Gasteiger partial charge is 0.417 e. The molecule has 0 fully saturated rings. The third-order valence-corrected chi connectivity index (χ3v) is 5.06. The quantitative estimate of drug-likeness (QED) is 0.250. The highest BCUT2D eigenvalue weighted by Crippen LogP contribution is 2.36. The van der Waals surface area contributed by atoms with Crippen molar-refractivity contribution in [2.75, 3.05) is 23.0 Å². The fourth-order valence-corrected chi connectivity index (χ4v) is 4.01. The van der Waals surface area contributed by atoms with E-state index in [9.17, 15) is 80.4 Å². The highest BCUT2D eigenvalue weighted by atomic mass is 32.3. The maximum atomic E-state index is 13.5. The summed E-state index contributed by atoms with van der Waals surface area (Å²) in [6, 6.07) is 0. The fraction of sp³-hybridized carbons (Fsp3) is 0.667. The van der Waals surface area contributed by atoms with Gasteiger partial charge in [-0.1, -0.05) is 0 Å². The molecule has 0 atom stereocenters. The van der Waals surface area contributed by atoms with Gasteiger partial charge in [0.15, 0.2) is 5.78 Å². The monoisotopic (exact) mass is 594 g/mol. The van der Waals surface area contributed by atoms with Gasteiger partial charge in [-0.15, -0.1) is 15.5 Å². The molecule has 0 N–H and O–H groups in total. The molecule has 10 nitrogen and oxygen atoms in total. The summed E-state index contributed by atoms with van der Waals surface area (Å²) < 4.78 is 204. The van der Waals surface area contributed by atoms with Gasteiger partial charge in [0, 0.05) is 0 Å². The first-order valence-electron chi connectivity index (χ1n) is 6.77. The van der Waals surface area contributed by atoms with Crippen LogP contribution in [0.3, 0.4) is 0 Å². The van der Waals surface area contributed by atoms with E-state index in [1.807, 2.05) is 0 Å². The molecule has 24 heteroatoms.